The summed E-state index contributed by atoms with van der Waals surface area (Å²) in [6.45, 7) is 7.29. The monoisotopic (exact) mass is 356 g/mol. The summed E-state index contributed by atoms with van der Waals surface area (Å²) in [4.78, 5) is 23.5. The van der Waals surface area contributed by atoms with E-state index in [2.05, 4.69) is 15.9 Å². The summed E-state index contributed by atoms with van der Waals surface area (Å²) in [6, 6.07) is 1.91. The molecule has 1 aromatic carbocycles. The number of carbonyl (C=O) groups excluding carboxylic acids is 1. The summed E-state index contributed by atoms with van der Waals surface area (Å²) in [5, 5.41) is 8.93. The molecule has 0 spiro atoms. The van der Waals surface area contributed by atoms with Gasteiger partial charge in [-0.2, -0.15) is 0 Å². The average Bonchev–Trinajstić information content (AvgIpc) is 2.30. The van der Waals surface area contributed by atoms with Crippen LogP contribution in [-0.2, 0) is 4.79 Å². The van der Waals surface area contributed by atoms with Crippen LogP contribution in [0.3, 0.4) is 0 Å². The maximum Gasteiger partial charge on any atom is 0.303 e. The van der Waals surface area contributed by atoms with Gasteiger partial charge in [-0.3, -0.25) is 9.59 Å². The molecular weight excluding hydrogens is 336 g/mol. The minimum absolute atomic E-state index is 0.0485. The number of halogens is 1. The molecule has 0 saturated heterocycles. The average molecular weight is 357 g/mol. The number of carboxylic acid groups (broad SMARTS) is 1. The van der Waals surface area contributed by atoms with E-state index in [0.717, 1.165) is 15.6 Å². The maximum atomic E-state index is 12.7. The van der Waals surface area contributed by atoms with E-state index in [0.29, 0.717) is 11.3 Å². The third kappa shape index (κ3) is 4.30. The molecule has 0 radical (unpaired) electrons. The molecule has 5 heteroatoms. The van der Waals surface area contributed by atoms with Gasteiger partial charge in [-0.15, -0.1) is 0 Å². The Kier molecular flexibility index (Phi) is 5.56. The van der Waals surface area contributed by atoms with Crippen molar-refractivity contribution in [3.8, 4) is 5.75 Å². The Bertz CT molecular complexity index is 576. The maximum absolute atomic E-state index is 12.7. The van der Waals surface area contributed by atoms with Crippen molar-refractivity contribution in [3.05, 3.63) is 27.2 Å². The molecule has 21 heavy (non-hydrogen) atoms. The minimum atomic E-state index is -0.901. The van der Waals surface area contributed by atoms with Crippen LogP contribution in [0.1, 0.15) is 48.2 Å². The number of methoxy groups -OCH3 is 1. The quantitative estimate of drug-likeness (QED) is 0.777. The standard InChI is InChI=1S/C16H21BrO4/c1-9-6-11(17)10(2)14(15(9)21-5)12(18)7-16(3,4)8-13(19)20/h6H,7-8H2,1-5H3,(H,19,20). The van der Waals surface area contributed by atoms with E-state index >= 15 is 0 Å². The lowest BCUT2D eigenvalue weighted by molar-refractivity contribution is -0.139. The summed E-state index contributed by atoms with van der Waals surface area (Å²) < 4.78 is 6.22. The molecule has 1 N–H and O–H groups in total. The molecule has 0 unspecified atom stereocenters. The van der Waals surface area contributed by atoms with E-state index in [9.17, 15) is 9.59 Å². The molecule has 0 aromatic heterocycles. The fourth-order valence-electron chi connectivity index (χ4n) is 2.44. The van der Waals surface area contributed by atoms with Crippen LogP contribution >= 0.6 is 15.9 Å². The predicted octanol–water partition coefficient (Wildman–Crippen LogP) is 4.15. The van der Waals surface area contributed by atoms with Gasteiger partial charge in [0, 0.05) is 10.9 Å². The van der Waals surface area contributed by atoms with E-state index in [4.69, 9.17) is 9.84 Å². The van der Waals surface area contributed by atoms with E-state index in [1.165, 1.54) is 7.11 Å². The van der Waals surface area contributed by atoms with Gasteiger partial charge in [0.2, 0.25) is 0 Å². The van der Waals surface area contributed by atoms with Gasteiger partial charge in [-0.1, -0.05) is 29.8 Å². The fraction of sp³-hybridized carbons (Fsp3) is 0.500. The van der Waals surface area contributed by atoms with Gasteiger partial charge in [0.1, 0.15) is 5.75 Å². The highest BCUT2D eigenvalue weighted by atomic mass is 79.9. The van der Waals surface area contributed by atoms with Crippen LogP contribution in [0.15, 0.2) is 10.5 Å². The third-order valence-electron chi connectivity index (χ3n) is 3.41. The lowest BCUT2D eigenvalue weighted by Crippen LogP contribution is -2.22. The van der Waals surface area contributed by atoms with Gasteiger partial charge < -0.3 is 9.84 Å². The first kappa shape index (κ1) is 17.7. The number of hydrogen-bond acceptors (Lipinski definition) is 3. The molecule has 0 aliphatic heterocycles. The summed E-state index contributed by atoms with van der Waals surface area (Å²) in [5.41, 5.74) is 1.61. The second kappa shape index (κ2) is 6.60. The predicted molar refractivity (Wildman–Crippen MR) is 85.1 cm³/mol. The van der Waals surface area contributed by atoms with E-state index in [-0.39, 0.29) is 18.6 Å². The molecular formula is C16H21BrO4. The van der Waals surface area contributed by atoms with Gasteiger partial charge >= 0.3 is 5.97 Å². The molecule has 1 rings (SSSR count). The number of hydrogen-bond donors (Lipinski definition) is 1. The zero-order valence-corrected chi connectivity index (χ0v) is 14.6. The van der Waals surface area contributed by atoms with Crippen molar-refractivity contribution in [1.82, 2.24) is 0 Å². The first-order valence-corrected chi connectivity index (χ1v) is 7.47. The molecule has 0 saturated carbocycles. The SMILES string of the molecule is COc1c(C)cc(Br)c(C)c1C(=O)CC(C)(C)CC(=O)O. The third-order valence-corrected chi connectivity index (χ3v) is 4.24. The highest BCUT2D eigenvalue weighted by Crippen LogP contribution is 2.36. The first-order valence-electron chi connectivity index (χ1n) is 6.67. The molecule has 4 nitrogen and oxygen atoms in total. The number of aryl methyl sites for hydroxylation is 1. The molecule has 0 fully saturated rings. The number of ketones is 1. The first-order chi connectivity index (χ1) is 9.59. The highest BCUT2D eigenvalue weighted by molar-refractivity contribution is 9.10. The van der Waals surface area contributed by atoms with Crippen LogP contribution in [0.25, 0.3) is 0 Å². The Hall–Kier alpha value is -1.36. The molecule has 0 atom stereocenters. The number of carbonyl (C=O) groups is 2. The van der Waals surface area contributed by atoms with Crippen molar-refractivity contribution in [1.29, 1.82) is 0 Å². The lowest BCUT2D eigenvalue weighted by atomic mass is 9.81. The van der Waals surface area contributed by atoms with Crippen LogP contribution < -0.4 is 4.74 Å². The number of carboxylic acids is 1. The van der Waals surface area contributed by atoms with Crippen LogP contribution in [-0.4, -0.2) is 24.0 Å². The summed E-state index contributed by atoms with van der Waals surface area (Å²) >= 11 is 3.45. The van der Waals surface area contributed by atoms with Crippen LogP contribution in [0.4, 0.5) is 0 Å². The summed E-state index contributed by atoms with van der Waals surface area (Å²) in [7, 11) is 1.54. The molecule has 0 amide bonds. The zero-order chi connectivity index (χ0) is 16.4. The highest BCUT2D eigenvalue weighted by Gasteiger charge is 2.28. The Labute approximate surface area is 133 Å². The van der Waals surface area contributed by atoms with Gasteiger partial charge in [0.05, 0.1) is 19.1 Å². The number of ether oxygens (including phenoxy) is 1. The largest absolute Gasteiger partial charge is 0.496 e. The summed E-state index contributed by atoms with van der Waals surface area (Å²) in [6.07, 6.45) is 0.111. The van der Waals surface area contributed by atoms with Gasteiger partial charge in [0.25, 0.3) is 0 Å². The number of benzene rings is 1. The Morgan fingerprint density at radius 3 is 2.33 bits per heavy atom. The lowest BCUT2D eigenvalue weighted by Gasteiger charge is -2.23. The van der Waals surface area contributed by atoms with Gasteiger partial charge in [-0.25, -0.2) is 0 Å². The normalized spacial score (nSPS) is 11.3. The molecule has 1 aromatic rings. The minimum Gasteiger partial charge on any atom is -0.496 e. The zero-order valence-electron chi connectivity index (χ0n) is 13.0. The van der Waals surface area contributed by atoms with Crippen LogP contribution in [0, 0.1) is 19.3 Å². The van der Waals surface area contributed by atoms with Crippen molar-refractivity contribution in [2.45, 2.75) is 40.5 Å². The second-order valence-corrected chi connectivity index (χ2v) is 6.90. The van der Waals surface area contributed by atoms with E-state index in [1.807, 2.05) is 19.9 Å². The Balaban J connectivity index is 3.22. The topological polar surface area (TPSA) is 63.6 Å². The fourth-order valence-corrected chi connectivity index (χ4v) is 2.99. The summed E-state index contributed by atoms with van der Waals surface area (Å²) in [5.74, 6) is -0.436. The number of Topliss-reactive ketones (excluding diaryl/α,β-unsaturated/α-hetero) is 1. The van der Waals surface area contributed by atoms with Crippen molar-refractivity contribution in [2.75, 3.05) is 7.11 Å². The van der Waals surface area contributed by atoms with Crippen molar-refractivity contribution in [3.63, 3.8) is 0 Å². The van der Waals surface area contributed by atoms with Crippen molar-refractivity contribution < 1.29 is 19.4 Å². The molecule has 0 aliphatic carbocycles. The second-order valence-electron chi connectivity index (χ2n) is 6.04. The van der Waals surface area contributed by atoms with Gasteiger partial charge in [0.15, 0.2) is 5.78 Å². The number of rotatable bonds is 6. The van der Waals surface area contributed by atoms with E-state index in [1.54, 1.807) is 13.8 Å². The van der Waals surface area contributed by atoms with Crippen LogP contribution in [0.5, 0.6) is 5.75 Å². The molecule has 0 bridgehead atoms. The Morgan fingerprint density at radius 1 is 1.29 bits per heavy atom. The molecule has 116 valence electrons. The van der Waals surface area contributed by atoms with Gasteiger partial charge in [-0.05, 0) is 36.5 Å². The molecule has 0 heterocycles. The molecule has 0 aliphatic rings. The van der Waals surface area contributed by atoms with Crippen molar-refractivity contribution >= 4 is 27.7 Å². The van der Waals surface area contributed by atoms with E-state index < -0.39 is 11.4 Å². The van der Waals surface area contributed by atoms with Crippen molar-refractivity contribution in [2.24, 2.45) is 5.41 Å². The number of aliphatic carboxylic acids is 1. The Morgan fingerprint density at radius 2 is 1.86 bits per heavy atom. The smallest absolute Gasteiger partial charge is 0.303 e. The van der Waals surface area contributed by atoms with Crippen LogP contribution in [0.2, 0.25) is 0 Å².